The lowest BCUT2D eigenvalue weighted by Gasteiger charge is -2.40. The van der Waals surface area contributed by atoms with Gasteiger partial charge in [-0.1, -0.05) is 0 Å². The fourth-order valence-electron chi connectivity index (χ4n) is 2.68. The van der Waals surface area contributed by atoms with E-state index >= 15 is 0 Å². The molecule has 6 heteroatoms. The standard InChI is InChI=1S/C13H26N2O4/c1-18-8-6-15(7-9-19-2)11-4-3-5-13(14,10-11)12(16)17/h11H,3-10,14H2,1-2H3,(H,16,17). The van der Waals surface area contributed by atoms with Gasteiger partial charge in [-0.25, -0.2) is 0 Å². The SMILES string of the molecule is COCCN(CCOC)C1CCCC(N)(C(=O)O)C1. The highest BCUT2D eigenvalue weighted by molar-refractivity contribution is 5.78. The number of nitrogens with zero attached hydrogens (tertiary/aromatic N) is 1. The number of carboxylic acids is 1. The van der Waals surface area contributed by atoms with E-state index in [1.807, 2.05) is 0 Å². The van der Waals surface area contributed by atoms with Crippen LogP contribution < -0.4 is 5.73 Å². The maximum absolute atomic E-state index is 11.3. The predicted molar refractivity (Wildman–Crippen MR) is 72.1 cm³/mol. The van der Waals surface area contributed by atoms with Crippen LogP contribution in [0.2, 0.25) is 0 Å². The number of ether oxygens (including phenoxy) is 2. The molecule has 1 aliphatic carbocycles. The Balaban J connectivity index is 2.63. The Morgan fingerprint density at radius 1 is 1.37 bits per heavy atom. The van der Waals surface area contributed by atoms with Crippen LogP contribution >= 0.6 is 0 Å². The highest BCUT2D eigenvalue weighted by Crippen LogP contribution is 2.29. The van der Waals surface area contributed by atoms with E-state index in [1.54, 1.807) is 14.2 Å². The third kappa shape index (κ3) is 4.72. The molecule has 0 saturated heterocycles. The molecule has 1 fully saturated rings. The van der Waals surface area contributed by atoms with Crippen LogP contribution in [0.4, 0.5) is 0 Å². The molecular weight excluding hydrogens is 248 g/mol. The van der Waals surface area contributed by atoms with Crippen LogP contribution in [0.5, 0.6) is 0 Å². The van der Waals surface area contributed by atoms with E-state index in [9.17, 15) is 9.90 Å². The van der Waals surface area contributed by atoms with Crippen LogP contribution in [0.15, 0.2) is 0 Å². The molecule has 0 aromatic heterocycles. The van der Waals surface area contributed by atoms with Crippen molar-refractivity contribution in [3.05, 3.63) is 0 Å². The summed E-state index contributed by atoms with van der Waals surface area (Å²) >= 11 is 0. The van der Waals surface area contributed by atoms with E-state index in [-0.39, 0.29) is 6.04 Å². The average molecular weight is 274 g/mol. The molecule has 19 heavy (non-hydrogen) atoms. The van der Waals surface area contributed by atoms with Gasteiger partial charge < -0.3 is 20.3 Å². The molecule has 0 heterocycles. The number of nitrogens with two attached hydrogens (primary N) is 1. The van der Waals surface area contributed by atoms with Crippen molar-refractivity contribution in [3.8, 4) is 0 Å². The van der Waals surface area contributed by atoms with Crippen LogP contribution in [0.3, 0.4) is 0 Å². The van der Waals surface area contributed by atoms with Crippen molar-refractivity contribution in [2.24, 2.45) is 5.73 Å². The van der Waals surface area contributed by atoms with Gasteiger partial charge in [-0.05, 0) is 25.7 Å². The highest BCUT2D eigenvalue weighted by atomic mass is 16.5. The molecule has 112 valence electrons. The highest BCUT2D eigenvalue weighted by Gasteiger charge is 2.40. The third-order valence-corrected chi connectivity index (χ3v) is 3.87. The van der Waals surface area contributed by atoms with Gasteiger partial charge in [0.05, 0.1) is 13.2 Å². The molecule has 0 aromatic rings. The van der Waals surface area contributed by atoms with E-state index in [2.05, 4.69) is 4.90 Å². The minimum absolute atomic E-state index is 0.195. The molecule has 0 spiro atoms. The van der Waals surface area contributed by atoms with Gasteiger partial charge in [0, 0.05) is 33.4 Å². The molecule has 6 nitrogen and oxygen atoms in total. The zero-order valence-electron chi connectivity index (χ0n) is 11.9. The molecule has 1 rings (SSSR count). The fraction of sp³-hybridized carbons (Fsp3) is 0.923. The summed E-state index contributed by atoms with van der Waals surface area (Å²) in [6, 6.07) is 0.195. The van der Waals surface area contributed by atoms with Crippen LogP contribution in [-0.4, -0.2) is 68.1 Å². The molecule has 0 aromatic carbocycles. The van der Waals surface area contributed by atoms with E-state index in [0.29, 0.717) is 26.1 Å². The van der Waals surface area contributed by atoms with E-state index < -0.39 is 11.5 Å². The fourth-order valence-corrected chi connectivity index (χ4v) is 2.68. The summed E-state index contributed by atoms with van der Waals surface area (Å²) < 4.78 is 10.2. The molecular formula is C13H26N2O4. The second kappa shape index (κ2) is 7.79. The Morgan fingerprint density at radius 3 is 2.42 bits per heavy atom. The Labute approximate surface area is 114 Å². The first-order chi connectivity index (χ1) is 9.03. The summed E-state index contributed by atoms with van der Waals surface area (Å²) in [6.07, 6.45) is 2.89. The zero-order chi connectivity index (χ0) is 14.3. The zero-order valence-corrected chi connectivity index (χ0v) is 11.9. The topological polar surface area (TPSA) is 85.0 Å². The normalized spacial score (nSPS) is 27.7. The van der Waals surface area contributed by atoms with Crippen molar-refractivity contribution in [1.82, 2.24) is 4.90 Å². The van der Waals surface area contributed by atoms with Crippen molar-refractivity contribution in [3.63, 3.8) is 0 Å². The van der Waals surface area contributed by atoms with Crippen LogP contribution in [0, 0.1) is 0 Å². The van der Waals surface area contributed by atoms with Crippen molar-refractivity contribution in [2.75, 3.05) is 40.5 Å². The molecule has 0 aliphatic heterocycles. The summed E-state index contributed by atoms with van der Waals surface area (Å²) in [5.74, 6) is -0.893. The predicted octanol–water partition coefficient (Wildman–Crippen LogP) is 0.306. The molecule has 3 N–H and O–H groups in total. The second-order valence-corrected chi connectivity index (χ2v) is 5.23. The average Bonchev–Trinajstić information content (AvgIpc) is 2.39. The number of carbonyl (C=O) groups is 1. The lowest BCUT2D eigenvalue weighted by Crippen LogP contribution is -2.56. The second-order valence-electron chi connectivity index (χ2n) is 5.23. The van der Waals surface area contributed by atoms with E-state index in [4.69, 9.17) is 15.2 Å². The van der Waals surface area contributed by atoms with Gasteiger partial charge in [0.15, 0.2) is 0 Å². The molecule has 1 saturated carbocycles. The van der Waals surface area contributed by atoms with Gasteiger partial charge in [-0.2, -0.15) is 0 Å². The van der Waals surface area contributed by atoms with Crippen LogP contribution in [-0.2, 0) is 14.3 Å². The van der Waals surface area contributed by atoms with Gasteiger partial charge in [0.25, 0.3) is 0 Å². The first-order valence-corrected chi connectivity index (χ1v) is 6.77. The number of methoxy groups -OCH3 is 2. The van der Waals surface area contributed by atoms with Crippen molar-refractivity contribution < 1.29 is 19.4 Å². The first kappa shape index (κ1) is 16.4. The van der Waals surface area contributed by atoms with Crippen molar-refractivity contribution in [1.29, 1.82) is 0 Å². The molecule has 2 atom stereocenters. The van der Waals surface area contributed by atoms with Gasteiger partial charge >= 0.3 is 5.97 Å². The number of aliphatic carboxylic acids is 1. The third-order valence-electron chi connectivity index (χ3n) is 3.87. The van der Waals surface area contributed by atoms with Crippen molar-refractivity contribution >= 4 is 5.97 Å². The number of rotatable bonds is 8. The summed E-state index contributed by atoms with van der Waals surface area (Å²) in [5.41, 5.74) is 4.92. The number of carboxylic acid groups (broad SMARTS) is 1. The summed E-state index contributed by atoms with van der Waals surface area (Å²) in [7, 11) is 3.33. The van der Waals surface area contributed by atoms with Gasteiger partial charge in [0.1, 0.15) is 5.54 Å². The molecule has 0 radical (unpaired) electrons. The summed E-state index contributed by atoms with van der Waals surface area (Å²) in [6.45, 7) is 2.82. The molecule has 0 amide bonds. The van der Waals surface area contributed by atoms with Gasteiger partial charge in [-0.15, -0.1) is 0 Å². The Bertz CT molecular complexity index is 280. The Hall–Kier alpha value is -0.690. The maximum atomic E-state index is 11.3. The van der Waals surface area contributed by atoms with E-state index in [1.165, 1.54) is 0 Å². The lowest BCUT2D eigenvalue weighted by molar-refractivity contribution is -0.145. The largest absolute Gasteiger partial charge is 0.480 e. The number of hydrogen-bond acceptors (Lipinski definition) is 5. The summed E-state index contributed by atoms with van der Waals surface area (Å²) in [5, 5.41) is 9.26. The number of hydrogen-bond donors (Lipinski definition) is 2. The quantitative estimate of drug-likeness (QED) is 0.662. The van der Waals surface area contributed by atoms with E-state index in [0.717, 1.165) is 25.9 Å². The van der Waals surface area contributed by atoms with Gasteiger partial charge in [-0.3, -0.25) is 9.69 Å². The monoisotopic (exact) mass is 274 g/mol. The molecule has 1 aliphatic rings. The summed E-state index contributed by atoms with van der Waals surface area (Å²) in [4.78, 5) is 13.5. The molecule has 2 unspecified atom stereocenters. The minimum atomic E-state index is -1.08. The first-order valence-electron chi connectivity index (χ1n) is 6.77. The van der Waals surface area contributed by atoms with Crippen molar-refractivity contribution in [2.45, 2.75) is 37.3 Å². The minimum Gasteiger partial charge on any atom is -0.480 e. The molecule has 0 bridgehead atoms. The lowest BCUT2D eigenvalue weighted by atomic mass is 9.79. The van der Waals surface area contributed by atoms with Crippen LogP contribution in [0.25, 0.3) is 0 Å². The van der Waals surface area contributed by atoms with Crippen LogP contribution in [0.1, 0.15) is 25.7 Å². The maximum Gasteiger partial charge on any atom is 0.323 e. The van der Waals surface area contributed by atoms with Gasteiger partial charge in [0.2, 0.25) is 0 Å². The smallest absolute Gasteiger partial charge is 0.323 e. The Morgan fingerprint density at radius 2 is 1.95 bits per heavy atom. The Kier molecular flexibility index (Phi) is 6.71.